The average Bonchev–Trinajstić information content (AvgIpc) is 3.54. The SMILES string of the molecule is C=C/C(=C\C(=C/C)c1ccc2[nH]nc(-c3nc4c(-c5ccc(F)cc5)nccc4[nH]3)c2n1)NC(=C)C1CCC1. The van der Waals surface area contributed by atoms with Crippen LogP contribution in [0.25, 0.3) is 50.4 Å². The number of aromatic nitrogens is 6. The van der Waals surface area contributed by atoms with Gasteiger partial charge in [-0.1, -0.05) is 25.7 Å². The number of benzene rings is 1. The van der Waals surface area contributed by atoms with Crippen LogP contribution in [-0.2, 0) is 0 Å². The highest BCUT2D eigenvalue weighted by molar-refractivity contribution is 5.95. The third-order valence-electron chi connectivity index (χ3n) is 7.19. The van der Waals surface area contributed by atoms with Crippen LogP contribution in [0.4, 0.5) is 4.39 Å². The molecule has 3 N–H and O–H groups in total. The van der Waals surface area contributed by atoms with E-state index >= 15 is 0 Å². The molecule has 194 valence electrons. The zero-order valence-electron chi connectivity index (χ0n) is 21.6. The highest BCUT2D eigenvalue weighted by Gasteiger charge is 2.21. The average molecular weight is 518 g/mol. The van der Waals surface area contributed by atoms with Gasteiger partial charge in [-0.05, 0) is 85.9 Å². The van der Waals surface area contributed by atoms with E-state index < -0.39 is 0 Å². The van der Waals surface area contributed by atoms with Crippen molar-refractivity contribution in [2.45, 2.75) is 26.2 Å². The molecule has 4 aromatic heterocycles. The molecule has 8 heteroatoms. The number of nitrogens with one attached hydrogen (secondary N) is 3. The molecule has 0 amide bonds. The molecule has 6 rings (SSSR count). The summed E-state index contributed by atoms with van der Waals surface area (Å²) in [6.07, 6.45) is 11.2. The van der Waals surface area contributed by atoms with Crippen molar-refractivity contribution in [2.24, 2.45) is 5.92 Å². The number of fused-ring (bicyclic) bond motifs is 2. The van der Waals surface area contributed by atoms with Gasteiger partial charge in [0.15, 0.2) is 11.5 Å². The fourth-order valence-corrected chi connectivity index (χ4v) is 4.75. The normalized spacial score (nSPS) is 14.5. The number of imidazole rings is 1. The number of allylic oxidation sites excluding steroid dienone is 5. The first kappa shape index (κ1) is 24.5. The molecule has 39 heavy (non-hydrogen) atoms. The second-order valence-electron chi connectivity index (χ2n) is 9.64. The highest BCUT2D eigenvalue weighted by Crippen LogP contribution is 2.32. The number of halogens is 1. The third kappa shape index (κ3) is 4.65. The molecular formula is C31H28FN7. The lowest BCUT2D eigenvalue weighted by Crippen LogP contribution is -2.23. The predicted octanol–water partition coefficient (Wildman–Crippen LogP) is 7.08. The van der Waals surface area contributed by atoms with Crippen molar-refractivity contribution < 1.29 is 4.39 Å². The summed E-state index contributed by atoms with van der Waals surface area (Å²) in [6.45, 7) is 10.2. The van der Waals surface area contributed by atoms with Gasteiger partial charge in [0, 0.05) is 23.2 Å². The van der Waals surface area contributed by atoms with Gasteiger partial charge in [-0.25, -0.2) is 14.4 Å². The van der Waals surface area contributed by atoms with Crippen molar-refractivity contribution in [2.75, 3.05) is 0 Å². The molecule has 1 saturated carbocycles. The van der Waals surface area contributed by atoms with E-state index in [9.17, 15) is 4.39 Å². The largest absolute Gasteiger partial charge is 0.359 e. The number of hydrogen-bond acceptors (Lipinski definition) is 5. The number of aromatic amines is 2. The van der Waals surface area contributed by atoms with Gasteiger partial charge in [-0.2, -0.15) is 5.10 Å². The molecule has 5 aromatic rings. The van der Waals surface area contributed by atoms with Crippen LogP contribution in [0, 0.1) is 11.7 Å². The Morgan fingerprint density at radius 1 is 1.03 bits per heavy atom. The van der Waals surface area contributed by atoms with Crippen LogP contribution in [0.3, 0.4) is 0 Å². The maximum absolute atomic E-state index is 13.5. The summed E-state index contributed by atoms with van der Waals surface area (Å²) in [7, 11) is 0. The Labute approximate surface area is 225 Å². The summed E-state index contributed by atoms with van der Waals surface area (Å²) in [5.74, 6) is 0.793. The van der Waals surface area contributed by atoms with E-state index in [4.69, 9.17) is 9.97 Å². The zero-order valence-corrected chi connectivity index (χ0v) is 21.6. The highest BCUT2D eigenvalue weighted by atomic mass is 19.1. The first-order chi connectivity index (χ1) is 19.0. The standard InChI is InChI=1S/C31H28FN7/c1-4-19(17-23(5-2)34-18(3)20-7-6-8-20)24-13-14-26-29(35-24)30(39-38-26)31-36-25-15-16-33-27(28(25)37-31)21-9-11-22(32)12-10-21/h4-5,9-17,20,34H,2-3,6-8H2,1H3,(H,36,37)(H,38,39)/b19-4+,23-17+. The van der Waals surface area contributed by atoms with E-state index in [2.05, 4.69) is 38.6 Å². The summed E-state index contributed by atoms with van der Waals surface area (Å²) >= 11 is 0. The molecule has 7 nitrogen and oxygen atoms in total. The number of hydrogen-bond donors (Lipinski definition) is 3. The van der Waals surface area contributed by atoms with Gasteiger partial charge in [0.2, 0.25) is 0 Å². The van der Waals surface area contributed by atoms with E-state index in [1.165, 1.54) is 31.4 Å². The van der Waals surface area contributed by atoms with Gasteiger partial charge in [-0.3, -0.25) is 10.1 Å². The minimum Gasteiger partial charge on any atom is -0.359 e. The Kier molecular flexibility index (Phi) is 6.36. The van der Waals surface area contributed by atoms with Crippen LogP contribution < -0.4 is 5.32 Å². The molecule has 1 aliphatic rings. The Hall–Kier alpha value is -4.85. The van der Waals surface area contributed by atoms with Crippen LogP contribution >= 0.6 is 0 Å². The van der Waals surface area contributed by atoms with E-state index in [0.29, 0.717) is 34.2 Å². The molecule has 4 heterocycles. The van der Waals surface area contributed by atoms with Crippen molar-refractivity contribution in [1.82, 2.24) is 35.5 Å². The fourth-order valence-electron chi connectivity index (χ4n) is 4.75. The summed E-state index contributed by atoms with van der Waals surface area (Å²) in [4.78, 5) is 17.6. The smallest absolute Gasteiger partial charge is 0.161 e. The van der Waals surface area contributed by atoms with Gasteiger partial charge in [0.25, 0.3) is 0 Å². The Bertz CT molecular complexity index is 1770. The predicted molar refractivity (Wildman–Crippen MR) is 154 cm³/mol. The third-order valence-corrected chi connectivity index (χ3v) is 7.19. The lowest BCUT2D eigenvalue weighted by molar-refractivity contribution is 0.356. The number of pyridine rings is 2. The monoisotopic (exact) mass is 517 g/mol. The van der Waals surface area contributed by atoms with Gasteiger partial charge in [0.05, 0.1) is 22.4 Å². The fraction of sp³-hybridized carbons (Fsp3) is 0.161. The molecule has 0 saturated heterocycles. The maximum atomic E-state index is 13.5. The lowest BCUT2D eigenvalue weighted by atomic mass is 9.83. The van der Waals surface area contributed by atoms with Crippen molar-refractivity contribution in [3.63, 3.8) is 0 Å². The van der Waals surface area contributed by atoms with E-state index in [-0.39, 0.29) is 5.82 Å². The van der Waals surface area contributed by atoms with Crippen LogP contribution in [-0.4, -0.2) is 30.1 Å². The second kappa shape index (κ2) is 10.1. The van der Waals surface area contributed by atoms with Crippen molar-refractivity contribution in [1.29, 1.82) is 0 Å². The Balaban J connectivity index is 1.36. The van der Waals surface area contributed by atoms with Crippen LogP contribution in [0.1, 0.15) is 31.9 Å². The first-order valence-corrected chi connectivity index (χ1v) is 13.0. The quantitative estimate of drug-likeness (QED) is 0.191. The van der Waals surface area contributed by atoms with E-state index in [1.54, 1.807) is 24.4 Å². The minimum absolute atomic E-state index is 0.298. The van der Waals surface area contributed by atoms with Crippen LogP contribution in [0.15, 0.2) is 91.4 Å². The molecule has 0 spiro atoms. The van der Waals surface area contributed by atoms with E-state index in [1.807, 2.05) is 37.3 Å². The van der Waals surface area contributed by atoms with Gasteiger partial charge >= 0.3 is 0 Å². The topological polar surface area (TPSA) is 95.2 Å². The summed E-state index contributed by atoms with van der Waals surface area (Å²) in [5.41, 5.74) is 8.68. The molecule has 0 bridgehead atoms. The molecule has 1 aromatic carbocycles. The lowest BCUT2D eigenvalue weighted by Gasteiger charge is -2.28. The summed E-state index contributed by atoms with van der Waals surface area (Å²) in [5, 5.41) is 11.0. The van der Waals surface area contributed by atoms with Gasteiger partial charge < -0.3 is 10.3 Å². The Morgan fingerprint density at radius 2 is 1.82 bits per heavy atom. The maximum Gasteiger partial charge on any atom is 0.161 e. The number of nitrogens with zero attached hydrogens (tertiary/aromatic N) is 4. The zero-order chi connectivity index (χ0) is 26.9. The van der Waals surface area contributed by atoms with E-state index in [0.717, 1.165) is 39.3 Å². The number of H-pyrrole nitrogens is 2. The van der Waals surface area contributed by atoms with Gasteiger partial charge in [-0.15, -0.1) is 0 Å². The summed E-state index contributed by atoms with van der Waals surface area (Å²) in [6, 6.07) is 12.0. The molecule has 0 aliphatic heterocycles. The molecule has 0 unspecified atom stereocenters. The minimum atomic E-state index is -0.298. The first-order valence-electron chi connectivity index (χ1n) is 13.0. The van der Waals surface area contributed by atoms with Crippen molar-refractivity contribution in [3.8, 4) is 22.8 Å². The summed E-state index contributed by atoms with van der Waals surface area (Å²) < 4.78 is 13.5. The van der Waals surface area contributed by atoms with Crippen molar-refractivity contribution >= 4 is 27.6 Å². The Morgan fingerprint density at radius 3 is 2.54 bits per heavy atom. The van der Waals surface area contributed by atoms with Crippen molar-refractivity contribution in [3.05, 3.63) is 103 Å². The second-order valence-corrected chi connectivity index (χ2v) is 9.64. The number of rotatable bonds is 8. The molecule has 0 atom stereocenters. The molecule has 1 fully saturated rings. The molecule has 0 radical (unpaired) electrons. The van der Waals surface area contributed by atoms with Crippen LogP contribution in [0.5, 0.6) is 0 Å². The van der Waals surface area contributed by atoms with Gasteiger partial charge in [0.1, 0.15) is 16.9 Å². The molecule has 1 aliphatic carbocycles. The molecular weight excluding hydrogens is 489 g/mol. The van der Waals surface area contributed by atoms with Crippen LogP contribution in [0.2, 0.25) is 0 Å².